The molecule has 1 atom stereocenters. The SMILES string of the molecule is CCNC(C)(CO)CCCSc1nccn1C. The highest BCUT2D eigenvalue weighted by Gasteiger charge is 2.20. The third-order valence-corrected chi connectivity index (χ3v) is 3.98. The van der Waals surface area contributed by atoms with Crippen LogP contribution in [0.1, 0.15) is 26.7 Å². The molecule has 0 saturated heterocycles. The molecule has 1 aromatic heterocycles. The van der Waals surface area contributed by atoms with Crippen molar-refractivity contribution in [2.45, 2.75) is 37.4 Å². The van der Waals surface area contributed by atoms with Gasteiger partial charge in [0.25, 0.3) is 0 Å². The molecule has 1 aromatic rings. The number of hydrogen-bond donors (Lipinski definition) is 2. The Morgan fingerprint density at radius 2 is 2.35 bits per heavy atom. The highest BCUT2D eigenvalue weighted by Crippen LogP contribution is 2.19. The van der Waals surface area contributed by atoms with Crippen LogP contribution in [0.2, 0.25) is 0 Å². The van der Waals surface area contributed by atoms with Crippen molar-refractivity contribution >= 4 is 11.8 Å². The summed E-state index contributed by atoms with van der Waals surface area (Å²) in [6.07, 6.45) is 5.83. The monoisotopic (exact) mass is 257 g/mol. The molecule has 4 nitrogen and oxygen atoms in total. The van der Waals surface area contributed by atoms with E-state index in [1.165, 1.54) is 0 Å². The number of aromatic nitrogens is 2. The number of imidazole rings is 1. The van der Waals surface area contributed by atoms with Crippen LogP contribution < -0.4 is 5.32 Å². The molecule has 0 spiro atoms. The van der Waals surface area contributed by atoms with Gasteiger partial charge < -0.3 is 15.0 Å². The van der Waals surface area contributed by atoms with E-state index in [4.69, 9.17) is 0 Å². The Morgan fingerprint density at radius 1 is 1.59 bits per heavy atom. The number of nitrogens with zero attached hydrogens (tertiary/aromatic N) is 2. The molecule has 1 unspecified atom stereocenters. The lowest BCUT2D eigenvalue weighted by Gasteiger charge is -2.28. The zero-order chi connectivity index (χ0) is 12.7. The fraction of sp³-hybridized carbons (Fsp3) is 0.750. The molecule has 0 bridgehead atoms. The van der Waals surface area contributed by atoms with Crippen LogP contribution in [0.25, 0.3) is 0 Å². The van der Waals surface area contributed by atoms with Gasteiger partial charge in [-0.15, -0.1) is 0 Å². The van der Waals surface area contributed by atoms with Crippen LogP contribution in [-0.4, -0.2) is 39.1 Å². The maximum Gasteiger partial charge on any atom is 0.167 e. The Labute approximate surface area is 108 Å². The van der Waals surface area contributed by atoms with Gasteiger partial charge in [0.2, 0.25) is 0 Å². The molecule has 1 heterocycles. The van der Waals surface area contributed by atoms with E-state index in [0.29, 0.717) is 0 Å². The van der Waals surface area contributed by atoms with Crippen molar-refractivity contribution in [2.24, 2.45) is 7.05 Å². The van der Waals surface area contributed by atoms with E-state index in [-0.39, 0.29) is 12.1 Å². The molecule has 1 rings (SSSR count). The third-order valence-electron chi connectivity index (χ3n) is 2.83. The van der Waals surface area contributed by atoms with E-state index < -0.39 is 0 Å². The van der Waals surface area contributed by atoms with Gasteiger partial charge in [0, 0.05) is 30.7 Å². The second-order valence-electron chi connectivity index (χ2n) is 4.52. The van der Waals surface area contributed by atoms with Gasteiger partial charge in [-0.05, 0) is 26.3 Å². The Bertz CT molecular complexity index is 329. The van der Waals surface area contributed by atoms with E-state index in [9.17, 15) is 5.11 Å². The molecule has 2 N–H and O–H groups in total. The van der Waals surface area contributed by atoms with E-state index in [2.05, 4.69) is 24.1 Å². The zero-order valence-corrected chi connectivity index (χ0v) is 11.8. The van der Waals surface area contributed by atoms with Gasteiger partial charge in [-0.25, -0.2) is 4.98 Å². The number of thioether (sulfide) groups is 1. The topological polar surface area (TPSA) is 50.1 Å². The largest absolute Gasteiger partial charge is 0.394 e. The Balaban J connectivity index is 2.25. The minimum atomic E-state index is -0.142. The highest BCUT2D eigenvalue weighted by molar-refractivity contribution is 7.99. The minimum absolute atomic E-state index is 0.142. The number of aliphatic hydroxyl groups excluding tert-OH is 1. The Morgan fingerprint density at radius 3 is 2.88 bits per heavy atom. The second kappa shape index (κ2) is 7.03. The molecule has 0 aliphatic carbocycles. The summed E-state index contributed by atoms with van der Waals surface area (Å²) in [6.45, 7) is 5.22. The molecular weight excluding hydrogens is 234 g/mol. The van der Waals surface area contributed by atoms with Crippen LogP contribution in [0.15, 0.2) is 17.6 Å². The van der Waals surface area contributed by atoms with Crippen molar-refractivity contribution in [1.82, 2.24) is 14.9 Å². The van der Waals surface area contributed by atoms with E-state index in [1.807, 2.05) is 24.0 Å². The van der Waals surface area contributed by atoms with E-state index in [1.54, 1.807) is 11.8 Å². The number of likely N-dealkylation sites (N-methyl/N-ethyl adjacent to an activating group) is 1. The number of nitrogens with one attached hydrogen (secondary N) is 1. The summed E-state index contributed by atoms with van der Waals surface area (Å²) < 4.78 is 2.03. The summed E-state index contributed by atoms with van der Waals surface area (Å²) in [5, 5.41) is 13.7. The van der Waals surface area contributed by atoms with Crippen LogP contribution in [-0.2, 0) is 7.05 Å². The fourth-order valence-electron chi connectivity index (χ4n) is 1.77. The number of aryl methyl sites for hydroxylation is 1. The van der Waals surface area contributed by atoms with Gasteiger partial charge in [-0.1, -0.05) is 18.7 Å². The second-order valence-corrected chi connectivity index (χ2v) is 5.58. The number of aliphatic hydroxyl groups is 1. The average Bonchev–Trinajstić information content (AvgIpc) is 2.71. The first-order valence-corrected chi connectivity index (χ1v) is 7.06. The summed E-state index contributed by atoms with van der Waals surface area (Å²) in [6, 6.07) is 0. The first-order chi connectivity index (χ1) is 8.11. The lowest BCUT2D eigenvalue weighted by Crippen LogP contribution is -2.45. The highest BCUT2D eigenvalue weighted by atomic mass is 32.2. The van der Waals surface area contributed by atoms with Crippen molar-refractivity contribution in [3.63, 3.8) is 0 Å². The maximum absolute atomic E-state index is 9.36. The molecule has 0 aromatic carbocycles. The van der Waals surface area contributed by atoms with Gasteiger partial charge in [0.05, 0.1) is 6.61 Å². The Hall–Kier alpha value is -0.520. The fourth-order valence-corrected chi connectivity index (χ4v) is 2.64. The summed E-state index contributed by atoms with van der Waals surface area (Å²) in [5.74, 6) is 1.03. The quantitative estimate of drug-likeness (QED) is 0.549. The molecule has 0 aliphatic rings. The van der Waals surface area contributed by atoms with Crippen molar-refractivity contribution in [3.8, 4) is 0 Å². The Kier molecular flexibility index (Phi) is 6.02. The molecule has 0 aliphatic heterocycles. The maximum atomic E-state index is 9.36. The van der Waals surface area contributed by atoms with Crippen LogP contribution in [0, 0.1) is 0 Å². The normalized spacial score (nSPS) is 14.8. The van der Waals surface area contributed by atoms with Crippen molar-refractivity contribution in [1.29, 1.82) is 0 Å². The standard InChI is InChI=1S/C12H23N3OS/c1-4-14-12(2,10-16)6-5-9-17-11-13-7-8-15(11)3/h7-8,14,16H,4-6,9-10H2,1-3H3. The molecular formula is C12H23N3OS. The van der Waals surface area contributed by atoms with Crippen molar-refractivity contribution in [2.75, 3.05) is 18.9 Å². The number of hydrogen-bond acceptors (Lipinski definition) is 4. The van der Waals surface area contributed by atoms with Crippen molar-refractivity contribution in [3.05, 3.63) is 12.4 Å². The molecule has 0 saturated carbocycles. The van der Waals surface area contributed by atoms with Gasteiger partial charge in [0.15, 0.2) is 5.16 Å². The van der Waals surface area contributed by atoms with Gasteiger partial charge >= 0.3 is 0 Å². The number of rotatable bonds is 8. The molecule has 98 valence electrons. The van der Waals surface area contributed by atoms with Crippen LogP contribution >= 0.6 is 11.8 Å². The molecule has 17 heavy (non-hydrogen) atoms. The predicted octanol–water partition coefficient (Wildman–Crippen LogP) is 1.65. The predicted molar refractivity (Wildman–Crippen MR) is 72.3 cm³/mol. The van der Waals surface area contributed by atoms with Gasteiger partial charge in [0.1, 0.15) is 0 Å². The molecule has 5 heteroatoms. The third kappa shape index (κ3) is 4.69. The van der Waals surface area contributed by atoms with Crippen LogP contribution in [0.3, 0.4) is 0 Å². The molecule has 0 radical (unpaired) electrons. The summed E-state index contributed by atoms with van der Waals surface area (Å²) >= 11 is 1.77. The van der Waals surface area contributed by atoms with Crippen LogP contribution in [0.4, 0.5) is 0 Å². The van der Waals surface area contributed by atoms with Gasteiger partial charge in [-0.2, -0.15) is 0 Å². The smallest absolute Gasteiger partial charge is 0.167 e. The summed E-state index contributed by atoms with van der Waals surface area (Å²) in [7, 11) is 2.01. The lowest BCUT2D eigenvalue weighted by atomic mass is 9.97. The van der Waals surface area contributed by atoms with Crippen LogP contribution in [0.5, 0.6) is 0 Å². The minimum Gasteiger partial charge on any atom is -0.394 e. The molecule has 0 amide bonds. The first kappa shape index (κ1) is 14.5. The van der Waals surface area contributed by atoms with E-state index >= 15 is 0 Å². The average molecular weight is 257 g/mol. The van der Waals surface area contributed by atoms with E-state index in [0.717, 1.165) is 30.3 Å². The summed E-state index contributed by atoms with van der Waals surface area (Å²) in [5.41, 5.74) is -0.142. The van der Waals surface area contributed by atoms with Crippen molar-refractivity contribution < 1.29 is 5.11 Å². The molecule has 0 fully saturated rings. The zero-order valence-electron chi connectivity index (χ0n) is 10.9. The summed E-state index contributed by atoms with van der Waals surface area (Å²) in [4.78, 5) is 4.27. The first-order valence-electron chi connectivity index (χ1n) is 6.07. The van der Waals surface area contributed by atoms with Gasteiger partial charge in [-0.3, -0.25) is 0 Å². The lowest BCUT2D eigenvalue weighted by molar-refractivity contribution is 0.167.